The molecule has 0 radical (unpaired) electrons. The molecule has 0 saturated carbocycles. The minimum atomic E-state index is -0.410. The highest BCUT2D eigenvalue weighted by Crippen LogP contribution is 2.43. The lowest BCUT2D eigenvalue weighted by Gasteiger charge is -2.36. The molecule has 1 unspecified atom stereocenters. The predicted octanol–water partition coefficient (Wildman–Crippen LogP) is 3.49. The van der Waals surface area contributed by atoms with Crippen LogP contribution in [-0.4, -0.2) is 17.4 Å². The van der Waals surface area contributed by atoms with Crippen molar-refractivity contribution in [3.05, 3.63) is 75.3 Å². The number of nitrogens with zero attached hydrogens (tertiary/aromatic N) is 2. The number of carbonyl (C=O) groups excluding carboxylic acids is 1. The van der Waals surface area contributed by atoms with Crippen LogP contribution in [0.25, 0.3) is 6.08 Å². The number of amides is 1. The summed E-state index contributed by atoms with van der Waals surface area (Å²) in [6.07, 6.45) is 4.43. The second-order valence-electron chi connectivity index (χ2n) is 5.80. The molecular formula is C18H14N2O3. The highest BCUT2D eigenvalue weighted by atomic mass is 16.6. The molecule has 5 nitrogen and oxygen atoms in total. The lowest BCUT2D eigenvalue weighted by Crippen LogP contribution is -2.38. The van der Waals surface area contributed by atoms with Crippen molar-refractivity contribution < 1.29 is 9.72 Å². The molecule has 0 aromatic heterocycles. The molecule has 0 bridgehead atoms. The van der Waals surface area contributed by atoms with E-state index in [1.54, 1.807) is 12.1 Å². The number of rotatable bonds is 2. The standard InChI is InChI=1S/C18H14N2O3/c21-17-11-16(12-6-8-14(9-7-12)20(22)23)15-5-1-3-13-4-2-10-19(17)18(13)15/h1-9,16H,10-11H2. The molecule has 0 N–H and O–H groups in total. The van der Waals surface area contributed by atoms with Crippen LogP contribution in [0.15, 0.2) is 48.5 Å². The van der Waals surface area contributed by atoms with Gasteiger partial charge in [-0.05, 0) is 16.7 Å². The average molecular weight is 306 g/mol. The monoisotopic (exact) mass is 306 g/mol. The molecule has 2 aromatic carbocycles. The first kappa shape index (κ1) is 13.7. The van der Waals surface area contributed by atoms with Crippen LogP contribution >= 0.6 is 0 Å². The van der Waals surface area contributed by atoms with Gasteiger partial charge in [-0.25, -0.2) is 0 Å². The molecule has 0 saturated heterocycles. The zero-order valence-corrected chi connectivity index (χ0v) is 12.3. The molecule has 0 aliphatic carbocycles. The number of para-hydroxylation sites is 1. The first-order valence-electron chi connectivity index (χ1n) is 7.49. The molecule has 2 aromatic rings. The van der Waals surface area contributed by atoms with Gasteiger partial charge in [0, 0.05) is 31.0 Å². The summed E-state index contributed by atoms with van der Waals surface area (Å²) in [7, 11) is 0. The van der Waals surface area contributed by atoms with E-state index in [1.807, 2.05) is 35.3 Å². The summed E-state index contributed by atoms with van der Waals surface area (Å²) in [6, 6.07) is 12.6. The number of nitro groups is 1. The third-order valence-electron chi connectivity index (χ3n) is 4.52. The number of hydrogen-bond acceptors (Lipinski definition) is 3. The Labute approximate surface area is 133 Å². The van der Waals surface area contributed by atoms with Crippen LogP contribution in [0.4, 0.5) is 11.4 Å². The topological polar surface area (TPSA) is 63.4 Å². The molecule has 0 spiro atoms. The molecule has 5 heteroatoms. The van der Waals surface area contributed by atoms with Crippen LogP contribution < -0.4 is 4.90 Å². The van der Waals surface area contributed by atoms with E-state index in [9.17, 15) is 14.9 Å². The fraction of sp³-hybridized carbons (Fsp3) is 0.167. The number of nitro benzene ring substituents is 1. The Kier molecular flexibility index (Phi) is 3.01. The third kappa shape index (κ3) is 2.12. The fourth-order valence-electron chi connectivity index (χ4n) is 3.43. The lowest BCUT2D eigenvalue weighted by atomic mass is 9.82. The van der Waals surface area contributed by atoms with Gasteiger partial charge < -0.3 is 4.90 Å². The van der Waals surface area contributed by atoms with E-state index < -0.39 is 4.92 Å². The fourth-order valence-corrected chi connectivity index (χ4v) is 3.43. The summed E-state index contributed by atoms with van der Waals surface area (Å²) in [5.41, 5.74) is 4.14. The van der Waals surface area contributed by atoms with Crippen LogP contribution in [0.1, 0.15) is 29.0 Å². The van der Waals surface area contributed by atoms with Gasteiger partial charge in [-0.2, -0.15) is 0 Å². The average Bonchev–Trinajstić information content (AvgIpc) is 2.58. The van der Waals surface area contributed by atoms with Gasteiger partial charge in [0.2, 0.25) is 5.91 Å². The van der Waals surface area contributed by atoms with Gasteiger partial charge in [-0.3, -0.25) is 14.9 Å². The summed E-state index contributed by atoms with van der Waals surface area (Å²) in [4.78, 5) is 24.7. The summed E-state index contributed by atoms with van der Waals surface area (Å²) in [5.74, 6) is 0.0404. The quantitative estimate of drug-likeness (QED) is 0.630. The van der Waals surface area contributed by atoms with E-state index in [-0.39, 0.29) is 17.5 Å². The second-order valence-corrected chi connectivity index (χ2v) is 5.80. The summed E-state index contributed by atoms with van der Waals surface area (Å²) in [6.45, 7) is 0.607. The molecule has 1 amide bonds. The highest BCUT2D eigenvalue weighted by molar-refractivity contribution is 6.01. The van der Waals surface area contributed by atoms with E-state index in [0.29, 0.717) is 13.0 Å². The van der Waals surface area contributed by atoms with Gasteiger partial charge in [0.05, 0.1) is 10.6 Å². The molecule has 4 rings (SSSR count). The van der Waals surface area contributed by atoms with Crippen LogP contribution in [0.3, 0.4) is 0 Å². The number of anilines is 1. The maximum Gasteiger partial charge on any atom is 0.269 e. The van der Waals surface area contributed by atoms with Crippen molar-refractivity contribution in [2.75, 3.05) is 11.4 Å². The normalized spacial score (nSPS) is 18.7. The number of carbonyl (C=O) groups is 1. The lowest BCUT2D eigenvalue weighted by molar-refractivity contribution is -0.384. The SMILES string of the molecule is O=C1CC(c2ccc([N+](=O)[O-])cc2)c2cccc3c2N1CC=C3. The second kappa shape index (κ2) is 5.05. The maximum atomic E-state index is 12.5. The van der Waals surface area contributed by atoms with E-state index >= 15 is 0 Å². The van der Waals surface area contributed by atoms with Gasteiger partial charge in [0.15, 0.2) is 0 Å². The van der Waals surface area contributed by atoms with Gasteiger partial charge in [0.25, 0.3) is 5.69 Å². The van der Waals surface area contributed by atoms with E-state index in [0.717, 1.165) is 22.4 Å². The van der Waals surface area contributed by atoms with Crippen LogP contribution in [-0.2, 0) is 4.79 Å². The zero-order chi connectivity index (χ0) is 16.0. The number of non-ortho nitro benzene ring substituents is 1. The van der Waals surface area contributed by atoms with Gasteiger partial charge in [-0.1, -0.05) is 42.5 Å². The third-order valence-corrected chi connectivity index (χ3v) is 4.52. The predicted molar refractivity (Wildman–Crippen MR) is 87.4 cm³/mol. The van der Waals surface area contributed by atoms with Crippen LogP contribution in [0.2, 0.25) is 0 Å². The Morgan fingerprint density at radius 3 is 2.65 bits per heavy atom. The van der Waals surface area contributed by atoms with E-state index in [4.69, 9.17) is 0 Å². The van der Waals surface area contributed by atoms with Crippen molar-refractivity contribution in [1.29, 1.82) is 0 Å². The van der Waals surface area contributed by atoms with Crippen molar-refractivity contribution in [2.24, 2.45) is 0 Å². The molecule has 2 aliphatic rings. The molecule has 0 fully saturated rings. The minimum absolute atomic E-state index is 0.0546. The zero-order valence-electron chi connectivity index (χ0n) is 12.3. The van der Waals surface area contributed by atoms with Crippen LogP contribution in [0, 0.1) is 10.1 Å². The molecular weight excluding hydrogens is 292 g/mol. The van der Waals surface area contributed by atoms with Crippen molar-refractivity contribution in [3.63, 3.8) is 0 Å². The van der Waals surface area contributed by atoms with Crippen molar-refractivity contribution in [3.8, 4) is 0 Å². The van der Waals surface area contributed by atoms with Crippen molar-refractivity contribution in [1.82, 2.24) is 0 Å². The number of benzene rings is 2. The highest BCUT2D eigenvalue weighted by Gasteiger charge is 2.34. The Balaban J connectivity index is 1.83. The van der Waals surface area contributed by atoms with Gasteiger partial charge in [0.1, 0.15) is 0 Å². The molecule has 114 valence electrons. The molecule has 2 heterocycles. The van der Waals surface area contributed by atoms with Crippen molar-refractivity contribution >= 4 is 23.4 Å². The summed E-state index contributed by atoms with van der Waals surface area (Å²) in [5, 5.41) is 10.8. The maximum absolute atomic E-state index is 12.5. The minimum Gasteiger partial charge on any atom is -0.308 e. The first-order chi connectivity index (χ1) is 11.1. The van der Waals surface area contributed by atoms with Gasteiger partial charge in [-0.15, -0.1) is 0 Å². The van der Waals surface area contributed by atoms with E-state index in [2.05, 4.69) is 0 Å². The number of hydrogen-bond donors (Lipinski definition) is 0. The Hall–Kier alpha value is -2.95. The molecule has 1 atom stereocenters. The first-order valence-corrected chi connectivity index (χ1v) is 7.49. The smallest absolute Gasteiger partial charge is 0.269 e. The summed E-state index contributed by atoms with van der Waals surface area (Å²) >= 11 is 0. The Morgan fingerprint density at radius 2 is 1.91 bits per heavy atom. The Morgan fingerprint density at radius 1 is 1.13 bits per heavy atom. The van der Waals surface area contributed by atoms with Crippen LogP contribution in [0.5, 0.6) is 0 Å². The molecule has 23 heavy (non-hydrogen) atoms. The van der Waals surface area contributed by atoms with E-state index in [1.165, 1.54) is 12.1 Å². The Bertz CT molecular complexity index is 840. The van der Waals surface area contributed by atoms with Gasteiger partial charge >= 0.3 is 0 Å². The summed E-state index contributed by atoms with van der Waals surface area (Å²) < 4.78 is 0. The molecule has 2 aliphatic heterocycles. The largest absolute Gasteiger partial charge is 0.308 e. The van der Waals surface area contributed by atoms with Crippen molar-refractivity contribution in [2.45, 2.75) is 12.3 Å².